The van der Waals surface area contributed by atoms with Crippen LogP contribution in [0.3, 0.4) is 0 Å². The summed E-state index contributed by atoms with van der Waals surface area (Å²) in [5, 5.41) is 3.38. The molecule has 0 amide bonds. The molecule has 5 heteroatoms. The van der Waals surface area contributed by atoms with E-state index in [1.54, 1.807) is 12.1 Å². The van der Waals surface area contributed by atoms with Crippen molar-refractivity contribution >= 4 is 15.9 Å². The van der Waals surface area contributed by atoms with Gasteiger partial charge in [0.15, 0.2) is 11.6 Å². The Hall–Kier alpha value is -1.33. The molecule has 1 heterocycles. The van der Waals surface area contributed by atoms with Crippen molar-refractivity contribution in [2.24, 2.45) is 0 Å². The van der Waals surface area contributed by atoms with Crippen LogP contribution in [0.15, 0.2) is 39.2 Å². The molecule has 1 aliphatic rings. The summed E-state index contributed by atoms with van der Waals surface area (Å²) in [6, 6.07) is 9.04. The van der Waals surface area contributed by atoms with Gasteiger partial charge in [-0.05, 0) is 43.2 Å². The zero-order valence-electron chi connectivity index (χ0n) is 10.9. The molecule has 3 rings (SSSR count). The number of benzene rings is 1. The quantitative estimate of drug-likeness (QED) is 0.863. The van der Waals surface area contributed by atoms with Gasteiger partial charge in [-0.25, -0.2) is 4.39 Å². The minimum atomic E-state index is -0.379. The maximum atomic E-state index is 13.5. The van der Waals surface area contributed by atoms with E-state index in [0.29, 0.717) is 11.8 Å². The molecule has 0 saturated heterocycles. The van der Waals surface area contributed by atoms with Gasteiger partial charge >= 0.3 is 0 Å². The van der Waals surface area contributed by atoms with Crippen LogP contribution in [0.2, 0.25) is 0 Å². The van der Waals surface area contributed by atoms with Crippen molar-refractivity contribution in [3.05, 3.63) is 52.1 Å². The van der Waals surface area contributed by atoms with Crippen molar-refractivity contribution < 1.29 is 13.5 Å². The number of rotatable bonds is 6. The number of ether oxygens (including phenoxy) is 1. The van der Waals surface area contributed by atoms with Crippen molar-refractivity contribution in [1.82, 2.24) is 5.32 Å². The van der Waals surface area contributed by atoms with E-state index < -0.39 is 0 Å². The minimum absolute atomic E-state index is 0.216. The third-order valence-corrected chi connectivity index (χ3v) is 3.62. The average Bonchev–Trinajstić information content (AvgIpc) is 3.16. The fraction of sp³-hybridized carbons (Fsp3) is 0.333. The molecule has 1 N–H and O–H groups in total. The van der Waals surface area contributed by atoms with Crippen LogP contribution in [0.1, 0.15) is 24.4 Å². The second-order valence-electron chi connectivity index (χ2n) is 4.89. The summed E-state index contributed by atoms with van der Waals surface area (Å²) in [6.07, 6.45) is 2.50. The number of halogens is 2. The smallest absolute Gasteiger partial charge is 0.165 e. The minimum Gasteiger partial charge on any atom is -0.483 e. The molecular weight excluding hydrogens is 325 g/mol. The predicted molar refractivity (Wildman–Crippen MR) is 77.0 cm³/mol. The first-order valence-corrected chi connectivity index (χ1v) is 7.39. The van der Waals surface area contributed by atoms with E-state index in [-0.39, 0.29) is 18.2 Å². The summed E-state index contributed by atoms with van der Waals surface area (Å²) >= 11 is 3.29. The van der Waals surface area contributed by atoms with Gasteiger partial charge in [0, 0.05) is 10.5 Å². The Kier molecular flexibility index (Phi) is 4.08. The molecule has 3 nitrogen and oxygen atoms in total. The van der Waals surface area contributed by atoms with Crippen molar-refractivity contribution in [2.75, 3.05) is 0 Å². The molecule has 20 heavy (non-hydrogen) atoms. The van der Waals surface area contributed by atoms with E-state index in [4.69, 9.17) is 9.15 Å². The van der Waals surface area contributed by atoms with Crippen LogP contribution < -0.4 is 10.1 Å². The molecule has 1 fully saturated rings. The van der Waals surface area contributed by atoms with Crippen molar-refractivity contribution in [3.63, 3.8) is 0 Å². The van der Waals surface area contributed by atoms with Crippen LogP contribution in [0.5, 0.6) is 5.75 Å². The maximum absolute atomic E-state index is 13.5. The van der Waals surface area contributed by atoms with Crippen LogP contribution >= 0.6 is 15.9 Å². The van der Waals surface area contributed by atoms with Gasteiger partial charge < -0.3 is 14.5 Å². The standard InChI is InChI=1S/C15H15BrFNO2/c16-10-1-6-14(17)15(7-10)19-9-13-5-4-12(20-13)8-18-11-2-3-11/h1,4-7,11,18H,2-3,8-9H2. The van der Waals surface area contributed by atoms with E-state index in [2.05, 4.69) is 21.2 Å². The highest BCUT2D eigenvalue weighted by molar-refractivity contribution is 9.10. The molecule has 0 atom stereocenters. The van der Waals surface area contributed by atoms with Crippen LogP contribution in [0.25, 0.3) is 0 Å². The molecule has 0 unspecified atom stereocenters. The van der Waals surface area contributed by atoms with Crippen LogP contribution in [0, 0.1) is 5.82 Å². The Balaban J connectivity index is 1.55. The molecule has 1 aromatic carbocycles. The van der Waals surface area contributed by atoms with Gasteiger partial charge in [0.25, 0.3) is 0 Å². The lowest BCUT2D eigenvalue weighted by Crippen LogP contribution is -2.14. The van der Waals surface area contributed by atoms with Crippen molar-refractivity contribution in [1.29, 1.82) is 0 Å². The molecule has 0 spiro atoms. The average molecular weight is 340 g/mol. The van der Waals surface area contributed by atoms with Gasteiger partial charge in [-0.2, -0.15) is 0 Å². The molecule has 1 aliphatic carbocycles. The lowest BCUT2D eigenvalue weighted by atomic mass is 10.3. The first-order chi connectivity index (χ1) is 9.70. The Morgan fingerprint density at radius 3 is 2.85 bits per heavy atom. The van der Waals surface area contributed by atoms with Gasteiger partial charge in [-0.3, -0.25) is 0 Å². The summed E-state index contributed by atoms with van der Waals surface area (Å²) in [4.78, 5) is 0. The Morgan fingerprint density at radius 1 is 1.25 bits per heavy atom. The highest BCUT2D eigenvalue weighted by Crippen LogP contribution is 2.24. The van der Waals surface area contributed by atoms with E-state index in [1.165, 1.54) is 18.9 Å². The summed E-state index contributed by atoms with van der Waals surface area (Å²) in [5.74, 6) is 1.41. The van der Waals surface area contributed by atoms with Crippen LogP contribution in [-0.4, -0.2) is 6.04 Å². The highest BCUT2D eigenvalue weighted by atomic mass is 79.9. The van der Waals surface area contributed by atoms with Gasteiger partial charge in [0.05, 0.1) is 6.54 Å². The topological polar surface area (TPSA) is 34.4 Å². The van der Waals surface area contributed by atoms with Gasteiger partial charge in [0.1, 0.15) is 18.1 Å². The van der Waals surface area contributed by atoms with Crippen molar-refractivity contribution in [2.45, 2.75) is 32.0 Å². The fourth-order valence-corrected chi connectivity index (χ4v) is 2.20. The van der Waals surface area contributed by atoms with Crippen molar-refractivity contribution in [3.8, 4) is 5.75 Å². The van der Waals surface area contributed by atoms with E-state index in [1.807, 2.05) is 12.1 Å². The van der Waals surface area contributed by atoms with E-state index >= 15 is 0 Å². The van der Waals surface area contributed by atoms with Gasteiger partial charge in [-0.1, -0.05) is 15.9 Å². The summed E-state index contributed by atoms with van der Waals surface area (Å²) in [6.45, 7) is 0.951. The molecule has 0 bridgehead atoms. The highest BCUT2D eigenvalue weighted by Gasteiger charge is 2.20. The van der Waals surface area contributed by atoms with Crippen LogP contribution in [-0.2, 0) is 13.2 Å². The number of hydrogen-bond donors (Lipinski definition) is 1. The fourth-order valence-electron chi connectivity index (χ4n) is 1.86. The Bertz CT molecular complexity index is 595. The third kappa shape index (κ3) is 3.61. The summed E-state index contributed by atoms with van der Waals surface area (Å²) < 4.78 is 25.4. The zero-order chi connectivity index (χ0) is 13.9. The number of furan rings is 1. The van der Waals surface area contributed by atoms with E-state index in [0.717, 1.165) is 16.8 Å². The normalized spacial score (nSPS) is 14.5. The number of hydrogen-bond acceptors (Lipinski definition) is 3. The summed E-state index contributed by atoms with van der Waals surface area (Å²) in [7, 11) is 0. The molecule has 0 aliphatic heterocycles. The monoisotopic (exact) mass is 339 g/mol. The molecule has 2 aromatic rings. The van der Waals surface area contributed by atoms with E-state index in [9.17, 15) is 4.39 Å². The van der Waals surface area contributed by atoms with Gasteiger partial charge in [-0.15, -0.1) is 0 Å². The second-order valence-corrected chi connectivity index (χ2v) is 5.80. The largest absolute Gasteiger partial charge is 0.483 e. The summed E-state index contributed by atoms with van der Waals surface area (Å²) in [5.41, 5.74) is 0. The third-order valence-electron chi connectivity index (χ3n) is 3.12. The SMILES string of the molecule is Fc1ccc(Br)cc1OCc1ccc(CNC2CC2)o1. The second kappa shape index (κ2) is 5.97. The maximum Gasteiger partial charge on any atom is 0.165 e. The molecule has 1 aromatic heterocycles. The zero-order valence-corrected chi connectivity index (χ0v) is 12.5. The molecular formula is C15H15BrFNO2. The molecule has 1 saturated carbocycles. The number of nitrogens with one attached hydrogen (secondary N) is 1. The Labute approximate surface area is 125 Å². The molecule has 106 valence electrons. The van der Waals surface area contributed by atoms with Crippen LogP contribution in [0.4, 0.5) is 4.39 Å². The molecule has 0 radical (unpaired) electrons. The lowest BCUT2D eigenvalue weighted by Gasteiger charge is -2.06. The first-order valence-electron chi connectivity index (χ1n) is 6.59. The first kappa shape index (κ1) is 13.6. The van der Waals surface area contributed by atoms with Gasteiger partial charge in [0.2, 0.25) is 0 Å². The predicted octanol–water partition coefficient (Wildman–Crippen LogP) is 4.01. The lowest BCUT2D eigenvalue weighted by molar-refractivity contribution is 0.254. The Morgan fingerprint density at radius 2 is 2.05 bits per heavy atom.